The quantitative estimate of drug-likeness (QED) is 0.276. The lowest BCUT2D eigenvalue weighted by atomic mass is 9.97. The molecule has 41 heavy (non-hydrogen) atoms. The van der Waals surface area contributed by atoms with Gasteiger partial charge in [-0.05, 0) is 56.7 Å². The minimum atomic E-state index is -1.05. The van der Waals surface area contributed by atoms with Gasteiger partial charge in [0, 0.05) is 17.6 Å². The van der Waals surface area contributed by atoms with Gasteiger partial charge < -0.3 is 20.8 Å². The van der Waals surface area contributed by atoms with Crippen LogP contribution in [0.4, 0.5) is 0 Å². The van der Waals surface area contributed by atoms with E-state index in [-0.39, 0.29) is 5.92 Å². The lowest BCUT2D eigenvalue weighted by Crippen LogP contribution is -2.61. The number of carboxylic acid groups (broad SMARTS) is 1. The van der Waals surface area contributed by atoms with Gasteiger partial charge in [-0.25, -0.2) is 5.43 Å². The number of aliphatic hydroxyl groups excluding tert-OH is 1. The predicted molar refractivity (Wildman–Crippen MR) is 155 cm³/mol. The highest BCUT2D eigenvalue weighted by Crippen LogP contribution is 2.18. The summed E-state index contributed by atoms with van der Waals surface area (Å²) in [6.07, 6.45) is 4.06. The van der Waals surface area contributed by atoms with Crippen LogP contribution in [0.5, 0.6) is 0 Å². The maximum absolute atomic E-state index is 13.2. The number of hydrogen-bond donors (Lipinski definition) is 5. The van der Waals surface area contributed by atoms with E-state index in [0.717, 1.165) is 28.6 Å². The van der Waals surface area contributed by atoms with Crippen molar-refractivity contribution in [2.24, 2.45) is 11.8 Å². The first kappa shape index (κ1) is 31.7. The minimum absolute atomic E-state index is 0.316. The number of nitrogens with zero attached hydrogens (tertiary/aromatic N) is 2. The van der Waals surface area contributed by atoms with Crippen molar-refractivity contribution in [3.8, 4) is 0 Å². The van der Waals surface area contributed by atoms with Crippen LogP contribution < -0.4 is 16.1 Å². The van der Waals surface area contributed by atoms with Gasteiger partial charge in [-0.1, -0.05) is 51.1 Å². The SMILES string of the molecule is CCc1ccc2ccc(/C=C/[C@@H](C(=O)N[C@H](C(=O)NC(C)C(=O)N3CCCC(C(=O)O)N3)C(C)C)C(C)O)cc2n1. The van der Waals surface area contributed by atoms with Crippen LogP contribution in [0.1, 0.15) is 58.7 Å². The zero-order chi connectivity index (χ0) is 30.3. The third-order valence-corrected chi connectivity index (χ3v) is 7.18. The van der Waals surface area contributed by atoms with Crippen LogP contribution in [-0.2, 0) is 25.6 Å². The second-order valence-corrected chi connectivity index (χ2v) is 10.8. The predicted octanol–water partition coefficient (Wildman–Crippen LogP) is 2.03. The summed E-state index contributed by atoms with van der Waals surface area (Å²) in [5.41, 5.74) is 5.32. The Morgan fingerprint density at radius 1 is 1.10 bits per heavy atom. The highest BCUT2D eigenvalue weighted by atomic mass is 16.4. The topological polar surface area (TPSA) is 161 Å². The summed E-state index contributed by atoms with van der Waals surface area (Å²) in [6, 6.07) is 6.98. The molecule has 1 aliphatic heterocycles. The number of hydrogen-bond acceptors (Lipinski definition) is 7. The fourth-order valence-electron chi connectivity index (χ4n) is 4.67. The Balaban J connectivity index is 1.68. The fourth-order valence-corrected chi connectivity index (χ4v) is 4.67. The van der Waals surface area contributed by atoms with Crippen molar-refractivity contribution in [3.05, 3.63) is 47.7 Å². The summed E-state index contributed by atoms with van der Waals surface area (Å²) in [4.78, 5) is 55.2. The normalized spacial score (nSPS) is 18.6. The van der Waals surface area contributed by atoms with Crippen LogP contribution in [0, 0.1) is 11.8 Å². The highest BCUT2D eigenvalue weighted by Gasteiger charge is 2.33. The van der Waals surface area contributed by atoms with Crippen molar-refractivity contribution in [2.45, 2.75) is 78.1 Å². The molecule has 11 nitrogen and oxygen atoms in total. The third-order valence-electron chi connectivity index (χ3n) is 7.18. The van der Waals surface area contributed by atoms with Gasteiger partial charge in [0.15, 0.2) is 0 Å². The zero-order valence-corrected chi connectivity index (χ0v) is 24.3. The first-order valence-electron chi connectivity index (χ1n) is 14.1. The summed E-state index contributed by atoms with van der Waals surface area (Å²) >= 11 is 0. The summed E-state index contributed by atoms with van der Waals surface area (Å²) in [5, 5.41) is 27.2. The van der Waals surface area contributed by atoms with E-state index in [9.17, 15) is 29.4 Å². The van der Waals surface area contributed by atoms with E-state index in [1.807, 2.05) is 37.3 Å². The van der Waals surface area contributed by atoms with E-state index in [2.05, 4.69) is 21.0 Å². The van der Waals surface area contributed by atoms with Gasteiger partial charge in [0.1, 0.15) is 18.1 Å². The van der Waals surface area contributed by atoms with Crippen LogP contribution in [0.15, 0.2) is 36.4 Å². The van der Waals surface area contributed by atoms with Gasteiger partial charge in [0.2, 0.25) is 11.8 Å². The van der Waals surface area contributed by atoms with Crippen molar-refractivity contribution in [1.29, 1.82) is 0 Å². The maximum Gasteiger partial charge on any atom is 0.322 e. The number of rotatable bonds is 11. The number of carboxylic acids is 1. The van der Waals surface area contributed by atoms with E-state index < -0.39 is 53.8 Å². The molecule has 1 saturated heterocycles. The largest absolute Gasteiger partial charge is 0.480 e. The summed E-state index contributed by atoms with van der Waals surface area (Å²) < 4.78 is 0. The Kier molecular flexibility index (Phi) is 11.0. The highest BCUT2D eigenvalue weighted by molar-refractivity contribution is 5.93. The van der Waals surface area contributed by atoms with Gasteiger partial charge in [-0.3, -0.25) is 29.2 Å². The van der Waals surface area contributed by atoms with Gasteiger partial charge in [0.05, 0.1) is 17.5 Å². The number of amides is 3. The fraction of sp³-hybridized carbons (Fsp3) is 0.500. The molecule has 3 unspecified atom stereocenters. The molecule has 1 fully saturated rings. The van der Waals surface area contributed by atoms with Crippen molar-refractivity contribution in [1.82, 2.24) is 26.1 Å². The maximum atomic E-state index is 13.2. The molecule has 222 valence electrons. The van der Waals surface area contributed by atoms with E-state index in [1.165, 1.54) is 18.9 Å². The molecule has 5 N–H and O–H groups in total. The molecule has 0 spiro atoms. The second kappa shape index (κ2) is 14.2. The van der Waals surface area contributed by atoms with Crippen molar-refractivity contribution in [3.63, 3.8) is 0 Å². The molecule has 1 aromatic heterocycles. The number of carbonyl (C=O) groups is 4. The smallest absolute Gasteiger partial charge is 0.322 e. The zero-order valence-electron chi connectivity index (χ0n) is 24.3. The van der Waals surface area contributed by atoms with Crippen LogP contribution in [0.3, 0.4) is 0 Å². The number of aryl methyl sites for hydroxylation is 1. The molecule has 2 heterocycles. The van der Waals surface area contributed by atoms with Crippen molar-refractivity contribution < 1.29 is 29.4 Å². The first-order chi connectivity index (χ1) is 19.4. The second-order valence-electron chi connectivity index (χ2n) is 10.8. The summed E-state index contributed by atoms with van der Waals surface area (Å²) in [7, 11) is 0. The molecule has 1 aromatic carbocycles. The number of carbonyl (C=O) groups excluding carboxylic acids is 3. The Morgan fingerprint density at radius 3 is 2.44 bits per heavy atom. The van der Waals surface area contributed by atoms with Gasteiger partial charge in [-0.15, -0.1) is 0 Å². The van der Waals surface area contributed by atoms with Crippen LogP contribution >= 0.6 is 0 Å². The third kappa shape index (κ3) is 8.34. The Bertz CT molecular complexity index is 1290. The van der Waals surface area contributed by atoms with E-state index in [0.29, 0.717) is 19.4 Å². The standard InChI is InChI=1S/C30H41N5O6/c1-6-22-13-12-21-11-9-20(16-25(21)32-22)10-14-23(19(5)36)27(37)33-26(17(2)3)28(38)31-18(4)29(39)35-15-7-8-24(34-35)30(40)41/h9-14,16-19,23-24,26,34,36H,6-8,15H2,1-5H3,(H,31,38)(H,33,37)(H,40,41)/b14-10+/t18?,19?,23-,24?,26+/m1/s1. The molecular weight excluding hydrogens is 526 g/mol. The van der Waals surface area contributed by atoms with E-state index in [4.69, 9.17) is 0 Å². The number of aliphatic carboxylic acids is 1. The number of hydrazine groups is 1. The number of aliphatic hydroxyl groups is 1. The van der Waals surface area contributed by atoms with Crippen molar-refractivity contribution in [2.75, 3.05) is 6.54 Å². The number of fused-ring (bicyclic) bond motifs is 1. The van der Waals surface area contributed by atoms with Gasteiger partial charge in [-0.2, -0.15) is 0 Å². The Labute approximate surface area is 240 Å². The van der Waals surface area contributed by atoms with Gasteiger partial charge in [0.25, 0.3) is 5.91 Å². The van der Waals surface area contributed by atoms with Crippen molar-refractivity contribution >= 4 is 40.7 Å². The van der Waals surface area contributed by atoms with Crippen LogP contribution in [0.25, 0.3) is 17.0 Å². The van der Waals surface area contributed by atoms with Gasteiger partial charge >= 0.3 is 5.97 Å². The molecule has 2 aromatic rings. The van der Waals surface area contributed by atoms with E-state index in [1.54, 1.807) is 26.0 Å². The molecule has 0 aliphatic carbocycles. The summed E-state index contributed by atoms with van der Waals surface area (Å²) in [6.45, 7) is 8.90. The Morgan fingerprint density at radius 2 is 1.80 bits per heavy atom. The lowest BCUT2D eigenvalue weighted by molar-refractivity contribution is -0.148. The number of aromatic nitrogens is 1. The molecule has 0 bridgehead atoms. The number of nitrogens with one attached hydrogen (secondary N) is 3. The number of pyridine rings is 1. The van der Waals surface area contributed by atoms with Crippen LogP contribution in [-0.4, -0.2) is 74.7 Å². The van der Waals surface area contributed by atoms with Crippen LogP contribution in [0.2, 0.25) is 0 Å². The lowest BCUT2D eigenvalue weighted by Gasteiger charge is -2.34. The Hall–Kier alpha value is -3.83. The molecule has 3 rings (SSSR count). The molecule has 3 amide bonds. The van der Waals surface area contributed by atoms with E-state index >= 15 is 0 Å². The first-order valence-corrected chi connectivity index (χ1v) is 14.1. The number of benzene rings is 1. The molecule has 0 radical (unpaired) electrons. The minimum Gasteiger partial charge on any atom is -0.480 e. The molecule has 1 aliphatic rings. The molecule has 11 heteroatoms. The monoisotopic (exact) mass is 567 g/mol. The molecule has 5 atom stereocenters. The summed E-state index contributed by atoms with van der Waals surface area (Å²) in [5.74, 6) is -3.85. The average molecular weight is 568 g/mol. The molecular formula is C30H41N5O6. The average Bonchev–Trinajstić information content (AvgIpc) is 2.94. The molecule has 0 saturated carbocycles.